The third-order valence-electron chi connectivity index (χ3n) is 2.79. The van der Waals surface area contributed by atoms with Crippen molar-refractivity contribution in [3.63, 3.8) is 0 Å². The van der Waals surface area contributed by atoms with Crippen LogP contribution in [0.15, 0.2) is 0 Å². The average Bonchev–Trinajstić information content (AvgIpc) is 2.23. The highest BCUT2D eigenvalue weighted by Crippen LogP contribution is 2.23. The molecule has 0 saturated carbocycles. The number of hydrogen-bond donors (Lipinski definition) is 0. The Morgan fingerprint density at radius 1 is 1.33 bits per heavy atom. The summed E-state index contributed by atoms with van der Waals surface area (Å²) in [6.45, 7) is 5.02. The predicted molar refractivity (Wildman–Crippen MR) is 61.1 cm³/mol. The number of piperidine rings is 1. The first kappa shape index (κ1) is 15.3. The molecule has 0 N–H and O–H groups in total. The minimum Gasteiger partial charge on any atom is -0.367 e. The lowest BCUT2D eigenvalue weighted by molar-refractivity contribution is -0.190. The Morgan fingerprint density at radius 3 is 2.44 bits per heavy atom. The Labute approximate surface area is 105 Å². The van der Waals surface area contributed by atoms with E-state index in [1.807, 2.05) is 0 Å². The van der Waals surface area contributed by atoms with Gasteiger partial charge < -0.3 is 9.64 Å². The van der Waals surface area contributed by atoms with E-state index in [1.165, 1.54) is 0 Å². The zero-order valence-electron chi connectivity index (χ0n) is 11.0. The molecule has 106 valence electrons. The van der Waals surface area contributed by atoms with Crippen LogP contribution in [-0.4, -0.2) is 42.8 Å². The van der Waals surface area contributed by atoms with Gasteiger partial charge in [-0.3, -0.25) is 4.79 Å². The van der Waals surface area contributed by atoms with E-state index in [4.69, 9.17) is 4.74 Å². The molecule has 1 amide bonds. The summed E-state index contributed by atoms with van der Waals surface area (Å²) in [6.07, 6.45) is -3.56. The molecular weight excluding hydrogens is 247 g/mol. The van der Waals surface area contributed by atoms with Gasteiger partial charge in [0.25, 0.3) is 0 Å². The zero-order chi connectivity index (χ0) is 14.0. The molecule has 0 aliphatic carbocycles. The lowest BCUT2D eigenvalue weighted by Gasteiger charge is -2.36. The van der Waals surface area contributed by atoms with Crippen molar-refractivity contribution in [1.82, 2.24) is 4.90 Å². The van der Waals surface area contributed by atoms with Crippen molar-refractivity contribution in [3.05, 3.63) is 0 Å². The molecule has 0 aromatic carbocycles. The van der Waals surface area contributed by atoms with Crippen LogP contribution in [0.3, 0.4) is 0 Å². The Hall–Kier alpha value is -0.780. The average molecular weight is 267 g/mol. The van der Waals surface area contributed by atoms with E-state index in [-0.39, 0.29) is 12.5 Å². The molecule has 1 atom stereocenters. The van der Waals surface area contributed by atoms with Gasteiger partial charge in [0.2, 0.25) is 5.91 Å². The van der Waals surface area contributed by atoms with E-state index in [0.717, 1.165) is 0 Å². The summed E-state index contributed by atoms with van der Waals surface area (Å²) in [5, 5.41) is 0. The molecule has 0 spiro atoms. The van der Waals surface area contributed by atoms with Crippen molar-refractivity contribution >= 4 is 5.91 Å². The maximum atomic E-state index is 12.1. The van der Waals surface area contributed by atoms with E-state index in [9.17, 15) is 18.0 Å². The fourth-order valence-corrected chi connectivity index (χ4v) is 1.95. The molecule has 1 aliphatic rings. The topological polar surface area (TPSA) is 29.5 Å². The van der Waals surface area contributed by atoms with Crippen molar-refractivity contribution in [2.45, 2.75) is 45.9 Å². The smallest absolute Gasteiger partial charge is 0.367 e. The quantitative estimate of drug-likeness (QED) is 0.769. The van der Waals surface area contributed by atoms with Crippen LogP contribution in [0.4, 0.5) is 13.2 Å². The summed E-state index contributed by atoms with van der Waals surface area (Å²) in [4.78, 5) is 13.6. The number of halogens is 3. The molecule has 0 bridgehead atoms. The fraction of sp³-hybridized carbons (Fsp3) is 0.917. The lowest BCUT2D eigenvalue weighted by Crippen LogP contribution is -2.48. The molecule has 1 heterocycles. The van der Waals surface area contributed by atoms with E-state index in [2.05, 4.69) is 0 Å². The molecule has 6 heteroatoms. The number of alkyl halides is 3. The van der Waals surface area contributed by atoms with Gasteiger partial charge >= 0.3 is 6.18 Å². The maximum Gasteiger partial charge on any atom is 0.411 e. The lowest BCUT2D eigenvalue weighted by atomic mass is 9.93. The molecule has 0 aromatic heterocycles. The van der Waals surface area contributed by atoms with Crippen LogP contribution in [0.25, 0.3) is 0 Å². The van der Waals surface area contributed by atoms with E-state index in [0.29, 0.717) is 19.4 Å². The summed E-state index contributed by atoms with van der Waals surface area (Å²) in [6, 6.07) is 0. The van der Waals surface area contributed by atoms with Crippen molar-refractivity contribution in [2.24, 2.45) is 5.41 Å². The molecule has 3 nitrogen and oxygen atoms in total. The van der Waals surface area contributed by atoms with E-state index >= 15 is 0 Å². The SMILES string of the molecule is CC(C)(C)C(=O)N1CCCC(OCC(F)(F)F)C1. The van der Waals surface area contributed by atoms with Gasteiger partial charge in [-0.2, -0.15) is 13.2 Å². The normalized spacial score (nSPS) is 22.1. The monoisotopic (exact) mass is 267 g/mol. The highest BCUT2D eigenvalue weighted by Gasteiger charge is 2.34. The van der Waals surface area contributed by atoms with Crippen molar-refractivity contribution in [2.75, 3.05) is 19.7 Å². The van der Waals surface area contributed by atoms with E-state index < -0.39 is 24.3 Å². The van der Waals surface area contributed by atoms with Crippen LogP contribution >= 0.6 is 0 Å². The predicted octanol–water partition coefficient (Wildman–Crippen LogP) is 2.60. The number of carbonyl (C=O) groups is 1. The molecule has 1 aliphatic heterocycles. The number of nitrogens with zero attached hydrogens (tertiary/aromatic N) is 1. The number of ether oxygens (including phenoxy) is 1. The van der Waals surface area contributed by atoms with Crippen LogP contribution in [-0.2, 0) is 9.53 Å². The minimum atomic E-state index is -4.31. The van der Waals surface area contributed by atoms with Gasteiger partial charge in [0, 0.05) is 18.5 Å². The molecule has 1 unspecified atom stereocenters. The highest BCUT2D eigenvalue weighted by atomic mass is 19.4. The van der Waals surface area contributed by atoms with Gasteiger partial charge in [-0.15, -0.1) is 0 Å². The van der Waals surface area contributed by atoms with Crippen LogP contribution in [0.5, 0.6) is 0 Å². The van der Waals surface area contributed by atoms with Crippen LogP contribution < -0.4 is 0 Å². The highest BCUT2D eigenvalue weighted by molar-refractivity contribution is 5.81. The molecule has 0 aromatic rings. The van der Waals surface area contributed by atoms with E-state index in [1.54, 1.807) is 25.7 Å². The Kier molecular flexibility index (Phi) is 4.64. The van der Waals surface area contributed by atoms with Crippen molar-refractivity contribution in [1.29, 1.82) is 0 Å². The minimum absolute atomic E-state index is 0.0391. The van der Waals surface area contributed by atoms with Crippen LogP contribution in [0, 0.1) is 5.41 Å². The second kappa shape index (κ2) is 5.47. The van der Waals surface area contributed by atoms with Crippen LogP contribution in [0.2, 0.25) is 0 Å². The summed E-state index contributed by atoms with van der Waals surface area (Å²) < 4.78 is 41.0. The summed E-state index contributed by atoms with van der Waals surface area (Å²) in [5.74, 6) is -0.0391. The Morgan fingerprint density at radius 2 is 1.94 bits per heavy atom. The first-order chi connectivity index (χ1) is 8.09. The summed E-state index contributed by atoms with van der Waals surface area (Å²) in [5.41, 5.74) is -0.508. The third kappa shape index (κ3) is 4.84. The van der Waals surface area contributed by atoms with Gasteiger partial charge in [-0.05, 0) is 12.8 Å². The molecule has 1 fully saturated rings. The molecule has 0 radical (unpaired) electrons. The molecule has 1 saturated heterocycles. The Bertz CT molecular complexity index is 297. The van der Waals surface area contributed by atoms with Gasteiger partial charge in [0.15, 0.2) is 0 Å². The second-order valence-corrected chi connectivity index (χ2v) is 5.69. The molecule has 18 heavy (non-hydrogen) atoms. The first-order valence-electron chi connectivity index (χ1n) is 6.07. The number of rotatable bonds is 2. The standard InChI is InChI=1S/C12H20F3NO2/c1-11(2,3)10(17)16-6-4-5-9(7-16)18-8-12(13,14)15/h9H,4-8H2,1-3H3. The molecular formula is C12H20F3NO2. The third-order valence-corrected chi connectivity index (χ3v) is 2.79. The van der Waals surface area contributed by atoms with Gasteiger partial charge in [-0.25, -0.2) is 0 Å². The van der Waals surface area contributed by atoms with Crippen molar-refractivity contribution < 1.29 is 22.7 Å². The van der Waals surface area contributed by atoms with Crippen molar-refractivity contribution in [3.8, 4) is 0 Å². The fourth-order valence-electron chi connectivity index (χ4n) is 1.95. The number of hydrogen-bond acceptors (Lipinski definition) is 2. The maximum absolute atomic E-state index is 12.1. The summed E-state index contributed by atoms with van der Waals surface area (Å²) in [7, 11) is 0. The van der Waals surface area contributed by atoms with Gasteiger partial charge in [0.05, 0.1) is 6.10 Å². The first-order valence-corrected chi connectivity index (χ1v) is 6.07. The van der Waals surface area contributed by atoms with Gasteiger partial charge in [-0.1, -0.05) is 20.8 Å². The summed E-state index contributed by atoms with van der Waals surface area (Å²) >= 11 is 0. The number of amides is 1. The molecule has 1 rings (SSSR count). The Balaban J connectivity index is 2.49. The number of carbonyl (C=O) groups excluding carboxylic acids is 1. The second-order valence-electron chi connectivity index (χ2n) is 5.69. The largest absolute Gasteiger partial charge is 0.411 e. The van der Waals surface area contributed by atoms with Crippen LogP contribution in [0.1, 0.15) is 33.6 Å². The number of likely N-dealkylation sites (tertiary alicyclic amines) is 1. The van der Waals surface area contributed by atoms with Gasteiger partial charge in [0.1, 0.15) is 6.61 Å². The zero-order valence-corrected chi connectivity index (χ0v) is 11.0.